The van der Waals surface area contributed by atoms with Crippen molar-refractivity contribution in [2.24, 2.45) is 5.92 Å². The van der Waals surface area contributed by atoms with Crippen molar-refractivity contribution in [1.29, 1.82) is 0 Å². The Morgan fingerprint density at radius 1 is 1.33 bits per heavy atom. The summed E-state index contributed by atoms with van der Waals surface area (Å²) in [5.41, 5.74) is 0. The molecule has 0 saturated carbocycles. The Morgan fingerprint density at radius 2 is 1.87 bits per heavy atom. The topological polar surface area (TPSA) is 63.2 Å². The molecule has 0 unspecified atom stereocenters. The first-order valence-corrected chi connectivity index (χ1v) is 7.21. The molecule has 0 spiro atoms. The Labute approximate surface area is 91.4 Å². The highest BCUT2D eigenvalue weighted by Gasteiger charge is 2.24. The SMILES string of the molecule is CC(C)CC(=O)NC1CCS(=O)(=O)CC1. The van der Waals surface area contributed by atoms with Crippen LogP contribution < -0.4 is 5.32 Å². The van der Waals surface area contributed by atoms with Crippen molar-refractivity contribution in [1.82, 2.24) is 5.32 Å². The van der Waals surface area contributed by atoms with E-state index in [4.69, 9.17) is 0 Å². The van der Waals surface area contributed by atoms with Gasteiger partial charge in [0.15, 0.2) is 0 Å². The third-order valence-corrected chi connectivity index (χ3v) is 4.23. The Balaban J connectivity index is 2.33. The van der Waals surface area contributed by atoms with Crippen LogP contribution in [-0.4, -0.2) is 31.9 Å². The van der Waals surface area contributed by atoms with Gasteiger partial charge in [-0.3, -0.25) is 4.79 Å². The van der Waals surface area contributed by atoms with Gasteiger partial charge in [0.25, 0.3) is 0 Å². The molecule has 1 heterocycles. The smallest absolute Gasteiger partial charge is 0.220 e. The van der Waals surface area contributed by atoms with E-state index in [1.807, 2.05) is 13.8 Å². The molecule has 0 radical (unpaired) electrons. The van der Waals surface area contributed by atoms with Crippen LogP contribution in [0.2, 0.25) is 0 Å². The van der Waals surface area contributed by atoms with Gasteiger partial charge in [0.2, 0.25) is 5.91 Å². The molecule has 1 fully saturated rings. The molecule has 1 aliphatic rings. The molecule has 1 amide bonds. The van der Waals surface area contributed by atoms with E-state index in [-0.39, 0.29) is 23.5 Å². The van der Waals surface area contributed by atoms with E-state index in [0.29, 0.717) is 25.2 Å². The van der Waals surface area contributed by atoms with E-state index in [0.717, 1.165) is 0 Å². The maximum atomic E-state index is 11.4. The van der Waals surface area contributed by atoms with E-state index >= 15 is 0 Å². The average molecular weight is 233 g/mol. The zero-order chi connectivity index (χ0) is 11.5. The molecule has 15 heavy (non-hydrogen) atoms. The highest BCUT2D eigenvalue weighted by Crippen LogP contribution is 2.12. The lowest BCUT2D eigenvalue weighted by Crippen LogP contribution is -2.41. The van der Waals surface area contributed by atoms with Crippen molar-refractivity contribution in [3.63, 3.8) is 0 Å². The molecule has 0 aromatic rings. The monoisotopic (exact) mass is 233 g/mol. The van der Waals surface area contributed by atoms with E-state index < -0.39 is 9.84 Å². The number of carbonyl (C=O) groups excluding carboxylic acids is 1. The van der Waals surface area contributed by atoms with E-state index in [1.165, 1.54) is 0 Å². The predicted octanol–water partition coefficient (Wildman–Crippen LogP) is 0.726. The van der Waals surface area contributed by atoms with Crippen LogP contribution in [0.4, 0.5) is 0 Å². The first kappa shape index (κ1) is 12.5. The van der Waals surface area contributed by atoms with E-state index in [1.54, 1.807) is 0 Å². The molecule has 5 heteroatoms. The molecule has 0 aromatic heterocycles. The standard InChI is InChI=1S/C10H19NO3S/c1-8(2)7-10(12)11-9-3-5-15(13,14)6-4-9/h8-9H,3-7H2,1-2H3,(H,11,12). The summed E-state index contributed by atoms with van der Waals surface area (Å²) in [7, 11) is -2.83. The van der Waals surface area contributed by atoms with Gasteiger partial charge in [-0.05, 0) is 18.8 Å². The summed E-state index contributed by atoms with van der Waals surface area (Å²) in [6, 6.07) is 0.0553. The average Bonchev–Trinajstić information content (AvgIpc) is 2.07. The molecule has 1 rings (SSSR count). The van der Waals surface area contributed by atoms with Gasteiger partial charge in [-0.25, -0.2) is 8.42 Å². The minimum atomic E-state index is -2.83. The lowest BCUT2D eigenvalue weighted by atomic mass is 10.1. The van der Waals surface area contributed by atoms with Crippen LogP contribution in [-0.2, 0) is 14.6 Å². The zero-order valence-electron chi connectivity index (χ0n) is 9.32. The molecular formula is C10H19NO3S. The summed E-state index contributed by atoms with van der Waals surface area (Å²) >= 11 is 0. The molecule has 4 nitrogen and oxygen atoms in total. The first-order chi connectivity index (χ1) is 6.89. The van der Waals surface area contributed by atoms with Crippen molar-refractivity contribution >= 4 is 15.7 Å². The number of sulfone groups is 1. The summed E-state index contributed by atoms with van der Waals surface area (Å²) in [5, 5.41) is 2.88. The van der Waals surface area contributed by atoms with Crippen molar-refractivity contribution in [3.05, 3.63) is 0 Å². The maximum Gasteiger partial charge on any atom is 0.220 e. The van der Waals surface area contributed by atoms with Crippen molar-refractivity contribution < 1.29 is 13.2 Å². The summed E-state index contributed by atoms with van der Waals surface area (Å²) in [5.74, 6) is 0.797. The van der Waals surface area contributed by atoms with Gasteiger partial charge in [0.1, 0.15) is 9.84 Å². The van der Waals surface area contributed by atoms with Crippen LogP contribution in [0.5, 0.6) is 0 Å². The lowest BCUT2D eigenvalue weighted by Gasteiger charge is -2.23. The summed E-state index contributed by atoms with van der Waals surface area (Å²) < 4.78 is 22.3. The Bertz CT molecular complexity index is 308. The number of rotatable bonds is 3. The minimum absolute atomic E-state index is 0.0364. The first-order valence-electron chi connectivity index (χ1n) is 5.39. The summed E-state index contributed by atoms with van der Waals surface area (Å²) in [4.78, 5) is 11.4. The van der Waals surface area contributed by atoms with Gasteiger partial charge < -0.3 is 5.32 Å². The largest absolute Gasteiger partial charge is 0.353 e. The summed E-state index contributed by atoms with van der Waals surface area (Å²) in [6.45, 7) is 3.98. The van der Waals surface area contributed by atoms with Crippen molar-refractivity contribution in [2.45, 2.75) is 39.2 Å². The van der Waals surface area contributed by atoms with Crippen molar-refractivity contribution in [3.8, 4) is 0 Å². The molecule has 1 N–H and O–H groups in total. The molecule has 1 aliphatic heterocycles. The molecular weight excluding hydrogens is 214 g/mol. The van der Waals surface area contributed by atoms with Crippen LogP contribution in [0.1, 0.15) is 33.1 Å². The number of amides is 1. The molecule has 0 bridgehead atoms. The quantitative estimate of drug-likeness (QED) is 0.781. The van der Waals surface area contributed by atoms with Gasteiger partial charge in [-0.2, -0.15) is 0 Å². The fraction of sp³-hybridized carbons (Fsp3) is 0.900. The molecule has 0 aromatic carbocycles. The Morgan fingerprint density at radius 3 is 2.33 bits per heavy atom. The van der Waals surface area contributed by atoms with Crippen LogP contribution in [0.15, 0.2) is 0 Å². The number of hydrogen-bond donors (Lipinski definition) is 1. The number of hydrogen-bond acceptors (Lipinski definition) is 3. The van der Waals surface area contributed by atoms with Crippen LogP contribution in [0.25, 0.3) is 0 Å². The Hall–Kier alpha value is -0.580. The molecule has 0 aliphatic carbocycles. The van der Waals surface area contributed by atoms with Crippen LogP contribution in [0, 0.1) is 5.92 Å². The molecule has 1 saturated heterocycles. The number of nitrogens with one attached hydrogen (secondary N) is 1. The fourth-order valence-electron chi connectivity index (χ4n) is 1.69. The third-order valence-electron chi connectivity index (χ3n) is 2.51. The van der Waals surface area contributed by atoms with E-state index in [9.17, 15) is 13.2 Å². The number of carbonyl (C=O) groups is 1. The second-order valence-electron chi connectivity index (χ2n) is 4.59. The van der Waals surface area contributed by atoms with Gasteiger partial charge in [-0.1, -0.05) is 13.8 Å². The molecule has 0 atom stereocenters. The Kier molecular flexibility index (Phi) is 4.13. The second kappa shape index (κ2) is 4.96. The minimum Gasteiger partial charge on any atom is -0.353 e. The van der Waals surface area contributed by atoms with Crippen molar-refractivity contribution in [2.75, 3.05) is 11.5 Å². The summed E-state index contributed by atoms with van der Waals surface area (Å²) in [6.07, 6.45) is 1.64. The predicted molar refractivity (Wildman–Crippen MR) is 59.3 cm³/mol. The highest BCUT2D eigenvalue weighted by atomic mass is 32.2. The third kappa shape index (κ3) is 4.64. The fourth-order valence-corrected chi connectivity index (χ4v) is 3.18. The van der Waals surface area contributed by atoms with Gasteiger partial charge in [-0.15, -0.1) is 0 Å². The zero-order valence-corrected chi connectivity index (χ0v) is 10.1. The second-order valence-corrected chi connectivity index (χ2v) is 6.90. The maximum absolute atomic E-state index is 11.4. The normalized spacial score (nSPS) is 21.5. The van der Waals surface area contributed by atoms with Crippen LogP contribution >= 0.6 is 0 Å². The van der Waals surface area contributed by atoms with Gasteiger partial charge in [0.05, 0.1) is 11.5 Å². The highest BCUT2D eigenvalue weighted by molar-refractivity contribution is 7.91. The van der Waals surface area contributed by atoms with E-state index in [2.05, 4.69) is 5.32 Å². The van der Waals surface area contributed by atoms with Gasteiger partial charge in [0, 0.05) is 12.5 Å². The lowest BCUT2D eigenvalue weighted by molar-refractivity contribution is -0.122. The van der Waals surface area contributed by atoms with Crippen LogP contribution in [0.3, 0.4) is 0 Å². The molecule has 88 valence electrons. The van der Waals surface area contributed by atoms with Gasteiger partial charge >= 0.3 is 0 Å².